The van der Waals surface area contributed by atoms with E-state index in [-0.39, 0.29) is 25.7 Å². The Balaban J connectivity index is 5.21. The van der Waals surface area contributed by atoms with Gasteiger partial charge in [0, 0.05) is 25.7 Å². The van der Waals surface area contributed by atoms with Crippen LogP contribution in [0.15, 0.2) is 0 Å². The van der Waals surface area contributed by atoms with Crippen LogP contribution in [0.5, 0.6) is 0 Å². The van der Waals surface area contributed by atoms with Crippen LogP contribution in [0.25, 0.3) is 0 Å². The third kappa shape index (κ3) is 62.8. The first-order chi connectivity index (χ1) is 42.5. The van der Waals surface area contributed by atoms with Crippen LogP contribution in [0.4, 0.5) is 0 Å². The first-order valence-electron chi connectivity index (χ1n) is 36.1. The van der Waals surface area contributed by atoms with Gasteiger partial charge in [-0.25, -0.2) is 9.13 Å². The number of carbonyl (C=O) groups is 4. The highest BCUT2D eigenvalue weighted by Crippen LogP contribution is 2.45. The zero-order valence-corrected chi connectivity index (χ0v) is 58.6. The Bertz CT molecular complexity index is 1700. The first-order valence-corrected chi connectivity index (χ1v) is 39.1. The first kappa shape index (κ1) is 86.1. The van der Waals surface area contributed by atoms with Crippen molar-refractivity contribution in [3.8, 4) is 0 Å². The van der Waals surface area contributed by atoms with E-state index in [1.807, 2.05) is 0 Å². The van der Waals surface area contributed by atoms with E-state index in [2.05, 4.69) is 34.6 Å². The van der Waals surface area contributed by atoms with Crippen LogP contribution >= 0.6 is 15.6 Å². The summed E-state index contributed by atoms with van der Waals surface area (Å²) in [6.07, 6.45) is 48.6. The van der Waals surface area contributed by atoms with Crippen molar-refractivity contribution in [1.82, 2.24) is 0 Å². The van der Waals surface area contributed by atoms with Crippen molar-refractivity contribution in [3.05, 3.63) is 0 Å². The van der Waals surface area contributed by atoms with Gasteiger partial charge in [-0.3, -0.25) is 37.3 Å². The van der Waals surface area contributed by atoms with Gasteiger partial charge in [0.25, 0.3) is 0 Å². The Kier molecular flexibility index (Phi) is 61.1. The van der Waals surface area contributed by atoms with E-state index < -0.39 is 97.5 Å². The fourth-order valence-corrected chi connectivity index (χ4v) is 12.0. The molecule has 0 aliphatic rings. The third-order valence-corrected chi connectivity index (χ3v) is 17.9. The quantitative estimate of drug-likeness (QED) is 0.0222. The molecule has 88 heavy (non-hydrogen) atoms. The molecule has 0 saturated heterocycles. The minimum Gasteiger partial charge on any atom is -0.462 e. The van der Waals surface area contributed by atoms with Crippen molar-refractivity contribution < 1.29 is 80.2 Å². The van der Waals surface area contributed by atoms with Gasteiger partial charge in [-0.2, -0.15) is 0 Å². The topological polar surface area (TPSA) is 237 Å². The number of carbonyl (C=O) groups excluding carboxylic acids is 4. The number of esters is 4. The molecule has 3 N–H and O–H groups in total. The lowest BCUT2D eigenvalue weighted by Crippen LogP contribution is -2.30. The number of aliphatic hydroxyl groups is 1. The highest BCUT2D eigenvalue weighted by Gasteiger charge is 2.30. The number of phosphoric ester groups is 2. The molecule has 0 aliphatic heterocycles. The van der Waals surface area contributed by atoms with E-state index in [9.17, 15) is 43.2 Å². The van der Waals surface area contributed by atoms with Gasteiger partial charge in [0.1, 0.15) is 19.3 Å². The smallest absolute Gasteiger partial charge is 0.462 e. The van der Waals surface area contributed by atoms with Gasteiger partial charge in [-0.05, 0) is 31.6 Å². The maximum Gasteiger partial charge on any atom is 0.472 e. The highest BCUT2D eigenvalue weighted by atomic mass is 31.2. The van der Waals surface area contributed by atoms with Gasteiger partial charge < -0.3 is 33.8 Å². The minimum absolute atomic E-state index is 0.106. The predicted molar refractivity (Wildman–Crippen MR) is 354 cm³/mol. The van der Waals surface area contributed by atoms with E-state index in [1.54, 1.807) is 0 Å². The van der Waals surface area contributed by atoms with Crippen LogP contribution in [-0.2, 0) is 65.4 Å². The SMILES string of the molecule is CCCCCCCCCCCCCCCCC(=O)OC[C@H](COP(=O)(O)OC[C@@H](O)COP(=O)(O)OC[C@@H](COC(=O)CCCCCCCCC)OC(=O)CCCCCCCCCCCCC(C)C)OC(=O)CCCCCCCCCCCCCCCC. The standard InChI is InChI=1S/C69H134O17P2/c1-6-9-12-15-18-20-22-24-26-28-33-38-43-48-53-67(72)80-59-65(86-68(73)54-49-44-39-34-29-27-25-23-21-19-16-13-10-7-2)61-84-88(77,78)82-57-63(70)56-81-87(75,76)83-60-64(58-79-66(71)52-47-42-36-17-14-11-8-3)85-69(74)55-50-45-40-35-31-30-32-37-41-46-51-62(4)5/h62-65,70H,6-61H2,1-5H3,(H,75,76)(H,77,78)/t63-,64+,65+/m0/s1. The van der Waals surface area contributed by atoms with E-state index in [0.29, 0.717) is 25.7 Å². The molecule has 0 aromatic rings. The molecular formula is C69H134O17P2. The Labute approximate surface area is 537 Å². The molecule has 0 amide bonds. The molecule has 0 aliphatic carbocycles. The Morgan fingerprint density at radius 2 is 0.523 bits per heavy atom. The summed E-state index contributed by atoms with van der Waals surface area (Å²) in [4.78, 5) is 72.4. The lowest BCUT2D eigenvalue weighted by molar-refractivity contribution is -0.161. The average Bonchev–Trinajstić information content (AvgIpc) is 3.51. The fraction of sp³-hybridized carbons (Fsp3) is 0.942. The molecule has 0 radical (unpaired) electrons. The third-order valence-electron chi connectivity index (χ3n) is 16.0. The van der Waals surface area contributed by atoms with Gasteiger partial charge in [0.15, 0.2) is 12.2 Å². The number of hydrogen-bond acceptors (Lipinski definition) is 15. The molecule has 0 bridgehead atoms. The highest BCUT2D eigenvalue weighted by molar-refractivity contribution is 7.47. The molecule has 0 heterocycles. The van der Waals surface area contributed by atoms with Crippen molar-refractivity contribution in [2.75, 3.05) is 39.6 Å². The minimum atomic E-state index is -4.95. The second-order valence-corrected chi connectivity index (χ2v) is 28.3. The van der Waals surface area contributed by atoms with Crippen LogP contribution in [-0.4, -0.2) is 96.7 Å². The molecule has 0 rings (SSSR count). The number of aliphatic hydroxyl groups excluding tert-OH is 1. The van der Waals surface area contributed by atoms with Crippen molar-refractivity contribution in [3.63, 3.8) is 0 Å². The molecule has 17 nitrogen and oxygen atoms in total. The summed E-state index contributed by atoms with van der Waals surface area (Å²) in [6.45, 7) is 7.20. The number of unbranched alkanes of at least 4 members (excludes halogenated alkanes) is 41. The summed E-state index contributed by atoms with van der Waals surface area (Å²) in [5.41, 5.74) is 0. The molecular weight excluding hydrogens is 1160 g/mol. The van der Waals surface area contributed by atoms with Gasteiger partial charge in [-0.15, -0.1) is 0 Å². The summed E-state index contributed by atoms with van der Waals surface area (Å²) in [6, 6.07) is 0. The van der Waals surface area contributed by atoms with E-state index in [4.69, 9.17) is 37.0 Å². The predicted octanol–water partition coefficient (Wildman–Crippen LogP) is 19.7. The van der Waals surface area contributed by atoms with Gasteiger partial charge in [0.2, 0.25) is 0 Å². The van der Waals surface area contributed by atoms with Gasteiger partial charge >= 0.3 is 39.5 Å². The van der Waals surface area contributed by atoms with Crippen LogP contribution in [0.2, 0.25) is 0 Å². The van der Waals surface area contributed by atoms with Crippen molar-refractivity contribution in [2.24, 2.45) is 5.92 Å². The molecule has 0 fully saturated rings. The lowest BCUT2D eigenvalue weighted by Gasteiger charge is -2.21. The zero-order valence-electron chi connectivity index (χ0n) is 56.9. The summed E-state index contributed by atoms with van der Waals surface area (Å²) >= 11 is 0. The summed E-state index contributed by atoms with van der Waals surface area (Å²) < 4.78 is 68.2. The fourth-order valence-electron chi connectivity index (χ4n) is 10.5. The average molecular weight is 1300 g/mol. The number of hydrogen-bond donors (Lipinski definition) is 3. The molecule has 0 aromatic heterocycles. The molecule has 522 valence electrons. The van der Waals surface area contributed by atoms with Crippen molar-refractivity contribution in [1.29, 1.82) is 0 Å². The molecule has 19 heteroatoms. The Morgan fingerprint density at radius 3 is 0.773 bits per heavy atom. The number of phosphoric acid groups is 2. The molecule has 2 unspecified atom stereocenters. The van der Waals surface area contributed by atoms with Crippen LogP contribution < -0.4 is 0 Å². The molecule has 5 atom stereocenters. The second-order valence-electron chi connectivity index (χ2n) is 25.4. The van der Waals surface area contributed by atoms with E-state index >= 15 is 0 Å². The second kappa shape index (κ2) is 62.5. The van der Waals surface area contributed by atoms with E-state index in [1.165, 1.54) is 167 Å². The van der Waals surface area contributed by atoms with Crippen molar-refractivity contribution >= 4 is 39.5 Å². The van der Waals surface area contributed by atoms with Gasteiger partial charge in [0.05, 0.1) is 26.4 Å². The van der Waals surface area contributed by atoms with Crippen LogP contribution in [0.3, 0.4) is 0 Å². The number of ether oxygens (including phenoxy) is 4. The zero-order chi connectivity index (χ0) is 64.9. The van der Waals surface area contributed by atoms with Crippen LogP contribution in [0.1, 0.15) is 356 Å². The maximum absolute atomic E-state index is 13.0. The maximum atomic E-state index is 13.0. The molecule has 0 saturated carbocycles. The molecule has 0 aromatic carbocycles. The lowest BCUT2D eigenvalue weighted by atomic mass is 10.0. The summed E-state index contributed by atoms with van der Waals surface area (Å²) in [5.74, 6) is -1.37. The van der Waals surface area contributed by atoms with E-state index in [0.717, 1.165) is 109 Å². The summed E-state index contributed by atoms with van der Waals surface area (Å²) in [7, 11) is -9.89. The normalized spacial score (nSPS) is 14.1. The van der Waals surface area contributed by atoms with Crippen LogP contribution in [0, 0.1) is 5.92 Å². The van der Waals surface area contributed by atoms with Gasteiger partial charge in [-0.1, -0.05) is 304 Å². The monoisotopic (exact) mass is 1300 g/mol. The Hall–Kier alpha value is -1.94. The number of rotatable bonds is 69. The van der Waals surface area contributed by atoms with Crippen molar-refractivity contribution in [2.45, 2.75) is 374 Å². The molecule has 0 spiro atoms. The largest absolute Gasteiger partial charge is 0.472 e. The Morgan fingerprint density at radius 1 is 0.307 bits per heavy atom. The summed E-state index contributed by atoms with van der Waals surface area (Å²) in [5, 5.41) is 10.6.